The number of benzene rings is 1. The lowest BCUT2D eigenvalue weighted by Crippen LogP contribution is -1.97. The summed E-state index contributed by atoms with van der Waals surface area (Å²) in [6.07, 6.45) is 0.113. The van der Waals surface area contributed by atoms with E-state index >= 15 is 0 Å². The third kappa shape index (κ3) is 3.03. The SMILES string of the molecule is O=C(O)CCc1nnc(-c2ccc(F)cc2I)o1. The van der Waals surface area contributed by atoms with E-state index in [0.717, 1.165) is 0 Å². The summed E-state index contributed by atoms with van der Waals surface area (Å²) in [4.78, 5) is 10.4. The molecule has 0 aliphatic heterocycles. The summed E-state index contributed by atoms with van der Waals surface area (Å²) < 4.78 is 18.9. The fourth-order valence-corrected chi connectivity index (χ4v) is 2.05. The lowest BCUT2D eigenvalue weighted by Gasteiger charge is -1.98. The minimum absolute atomic E-state index is 0.0673. The number of carboxylic acid groups (broad SMARTS) is 1. The predicted octanol–water partition coefficient (Wildman–Crippen LogP) is 2.50. The van der Waals surface area contributed by atoms with E-state index in [9.17, 15) is 9.18 Å². The zero-order chi connectivity index (χ0) is 13.1. The Labute approximate surface area is 115 Å². The van der Waals surface area contributed by atoms with Gasteiger partial charge in [-0.2, -0.15) is 0 Å². The largest absolute Gasteiger partial charge is 0.481 e. The molecule has 7 heteroatoms. The van der Waals surface area contributed by atoms with Gasteiger partial charge < -0.3 is 9.52 Å². The number of aliphatic carboxylic acids is 1. The van der Waals surface area contributed by atoms with Crippen molar-refractivity contribution in [2.45, 2.75) is 12.8 Å². The molecule has 0 aliphatic rings. The van der Waals surface area contributed by atoms with E-state index in [4.69, 9.17) is 9.52 Å². The molecule has 5 nitrogen and oxygen atoms in total. The van der Waals surface area contributed by atoms with Gasteiger partial charge in [-0.25, -0.2) is 4.39 Å². The molecule has 0 radical (unpaired) electrons. The molecular weight excluding hydrogens is 354 g/mol. The molecule has 0 amide bonds. The van der Waals surface area contributed by atoms with Crippen molar-refractivity contribution in [3.63, 3.8) is 0 Å². The van der Waals surface area contributed by atoms with Crippen molar-refractivity contribution >= 4 is 28.6 Å². The van der Waals surface area contributed by atoms with Crippen LogP contribution in [0.4, 0.5) is 4.39 Å². The summed E-state index contributed by atoms with van der Waals surface area (Å²) in [6.45, 7) is 0. The topological polar surface area (TPSA) is 76.2 Å². The standard InChI is InChI=1S/C11H8FIN2O3/c12-6-1-2-7(8(13)5-6)11-15-14-9(18-11)3-4-10(16)17/h1-2,5H,3-4H2,(H,16,17). The van der Waals surface area contributed by atoms with Gasteiger partial charge in [0.05, 0.1) is 12.0 Å². The van der Waals surface area contributed by atoms with Crippen molar-refractivity contribution in [2.24, 2.45) is 0 Å². The third-order valence-electron chi connectivity index (χ3n) is 2.18. The Kier molecular flexibility index (Phi) is 3.90. The summed E-state index contributed by atoms with van der Waals surface area (Å²) in [7, 11) is 0. The van der Waals surface area contributed by atoms with Crippen molar-refractivity contribution in [2.75, 3.05) is 0 Å². The lowest BCUT2D eigenvalue weighted by atomic mass is 10.2. The van der Waals surface area contributed by atoms with Gasteiger partial charge >= 0.3 is 5.97 Å². The normalized spacial score (nSPS) is 10.6. The minimum atomic E-state index is -0.925. The zero-order valence-corrected chi connectivity index (χ0v) is 11.2. The first-order valence-corrected chi connectivity index (χ1v) is 6.14. The fraction of sp³-hybridized carbons (Fsp3) is 0.182. The molecule has 94 valence electrons. The monoisotopic (exact) mass is 362 g/mol. The highest BCUT2D eigenvalue weighted by molar-refractivity contribution is 14.1. The molecule has 0 atom stereocenters. The Balaban J connectivity index is 2.21. The Hall–Kier alpha value is -1.51. The van der Waals surface area contributed by atoms with E-state index in [1.165, 1.54) is 12.1 Å². The number of hydrogen-bond donors (Lipinski definition) is 1. The van der Waals surface area contributed by atoms with Crippen molar-refractivity contribution in [3.8, 4) is 11.5 Å². The van der Waals surface area contributed by atoms with Crippen LogP contribution >= 0.6 is 22.6 Å². The summed E-state index contributed by atoms with van der Waals surface area (Å²) in [5.74, 6) is -0.743. The van der Waals surface area contributed by atoms with E-state index in [-0.39, 0.29) is 30.4 Å². The van der Waals surface area contributed by atoms with Crippen LogP contribution in [0.2, 0.25) is 0 Å². The Morgan fingerprint density at radius 3 is 2.89 bits per heavy atom. The molecule has 0 aliphatic carbocycles. The summed E-state index contributed by atoms with van der Waals surface area (Å²) >= 11 is 1.97. The number of nitrogens with zero attached hydrogens (tertiary/aromatic N) is 2. The van der Waals surface area contributed by atoms with Crippen LogP contribution < -0.4 is 0 Å². The molecule has 2 rings (SSSR count). The first kappa shape index (κ1) is 12.9. The maximum absolute atomic E-state index is 12.9. The van der Waals surface area contributed by atoms with Gasteiger partial charge in [-0.05, 0) is 40.8 Å². The van der Waals surface area contributed by atoms with Crippen LogP contribution in [-0.2, 0) is 11.2 Å². The Bertz CT molecular complexity index is 585. The second kappa shape index (κ2) is 5.42. The van der Waals surface area contributed by atoms with Crippen LogP contribution in [0.1, 0.15) is 12.3 Å². The number of aromatic nitrogens is 2. The first-order valence-electron chi connectivity index (χ1n) is 5.06. The van der Waals surface area contributed by atoms with E-state index in [2.05, 4.69) is 10.2 Å². The molecular formula is C11H8FIN2O3. The summed E-state index contributed by atoms with van der Waals surface area (Å²) in [5.41, 5.74) is 0.631. The molecule has 18 heavy (non-hydrogen) atoms. The zero-order valence-electron chi connectivity index (χ0n) is 9.06. The van der Waals surface area contributed by atoms with Gasteiger partial charge in [0.15, 0.2) is 0 Å². The second-order valence-electron chi connectivity index (χ2n) is 3.52. The van der Waals surface area contributed by atoms with Gasteiger partial charge in [-0.15, -0.1) is 10.2 Å². The predicted molar refractivity (Wildman–Crippen MR) is 68.4 cm³/mol. The smallest absolute Gasteiger partial charge is 0.303 e. The number of carboxylic acids is 1. The Morgan fingerprint density at radius 2 is 2.22 bits per heavy atom. The molecule has 0 saturated carbocycles. The van der Waals surface area contributed by atoms with Crippen molar-refractivity contribution in [3.05, 3.63) is 33.5 Å². The average Bonchev–Trinajstić information content (AvgIpc) is 2.75. The highest BCUT2D eigenvalue weighted by Gasteiger charge is 2.12. The molecule has 1 N–H and O–H groups in total. The molecule has 1 aromatic carbocycles. The molecule has 0 unspecified atom stereocenters. The van der Waals surface area contributed by atoms with Crippen molar-refractivity contribution < 1.29 is 18.7 Å². The van der Waals surface area contributed by atoms with Crippen molar-refractivity contribution in [1.29, 1.82) is 0 Å². The molecule has 0 bridgehead atoms. The van der Waals surface area contributed by atoms with Gasteiger partial charge in [0, 0.05) is 9.99 Å². The molecule has 1 heterocycles. The van der Waals surface area contributed by atoms with Gasteiger partial charge in [0.1, 0.15) is 5.82 Å². The molecule has 0 saturated heterocycles. The molecule has 1 aromatic heterocycles. The molecule has 0 fully saturated rings. The quantitative estimate of drug-likeness (QED) is 0.846. The van der Waals surface area contributed by atoms with Crippen LogP contribution in [0.5, 0.6) is 0 Å². The number of hydrogen-bond acceptors (Lipinski definition) is 4. The summed E-state index contributed by atoms with van der Waals surface area (Å²) in [6, 6.07) is 4.21. The van der Waals surface area contributed by atoms with E-state index < -0.39 is 5.97 Å². The highest BCUT2D eigenvalue weighted by atomic mass is 127. The van der Waals surface area contributed by atoms with Crippen LogP contribution in [0, 0.1) is 9.39 Å². The lowest BCUT2D eigenvalue weighted by molar-refractivity contribution is -0.137. The number of rotatable bonds is 4. The molecule has 0 spiro atoms. The number of carbonyl (C=O) groups is 1. The maximum Gasteiger partial charge on any atom is 0.303 e. The van der Waals surface area contributed by atoms with Crippen LogP contribution in [0.15, 0.2) is 22.6 Å². The third-order valence-corrected chi connectivity index (χ3v) is 3.07. The Morgan fingerprint density at radius 1 is 1.44 bits per heavy atom. The van der Waals surface area contributed by atoms with Crippen LogP contribution in [-0.4, -0.2) is 21.3 Å². The minimum Gasteiger partial charge on any atom is -0.481 e. The number of halogens is 2. The number of aryl methyl sites for hydroxylation is 1. The summed E-state index contributed by atoms with van der Waals surface area (Å²) in [5, 5.41) is 16.1. The fourth-order valence-electron chi connectivity index (χ4n) is 1.34. The molecule has 2 aromatic rings. The highest BCUT2D eigenvalue weighted by Crippen LogP contribution is 2.24. The van der Waals surface area contributed by atoms with E-state index in [1.807, 2.05) is 22.6 Å². The van der Waals surface area contributed by atoms with Gasteiger partial charge in [-0.1, -0.05) is 0 Å². The van der Waals surface area contributed by atoms with Gasteiger partial charge in [0.25, 0.3) is 0 Å². The van der Waals surface area contributed by atoms with E-state index in [0.29, 0.717) is 9.13 Å². The maximum atomic E-state index is 12.9. The van der Waals surface area contributed by atoms with E-state index in [1.54, 1.807) is 6.07 Å². The van der Waals surface area contributed by atoms with Crippen LogP contribution in [0.3, 0.4) is 0 Å². The van der Waals surface area contributed by atoms with Gasteiger partial charge in [-0.3, -0.25) is 4.79 Å². The van der Waals surface area contributed by atoms with Crippen LogP contribution in [0.25, 0.3) is 11.5 Å². The van der Waals surface area contributed by atoms with Gasteiger partial charge in [0.2, 0.25) is 11.8 Å². The first-order chi connectivity index (χ1) is 8.56. The average molecular weight is 362 g/mol. The second-order valence-corrected chi connectivity index (χ2v) is 4.68. The van der Waals surface area contributed by atoms with Crippen molar-refractivity contribution in [1.82, 2.24) is 10.2 Å².